The van der Waals surface area contributed by atoms with Crippen molar-refractivity contribution in [3.8, 4) is 5.75 Å². The molecule has 0 aliphatic rings. The summed E-state index contributed by atoms with van der Waals surface area (Å²) in [6.45, 7) is 5.04. The molecule has 0 aromatic heterocycles. The van der Waals surface area contributed by atoms with Crippen LogP contribution in [0.4, 0.5) is 0 Å². The van der Waals surface area contributed by atoms with E-state index in [1.54, 1.807) is 0 Å². The molecule has 0 spiro atoms. The Hall–Kier alpha value is -1.06. The van der Waals surface area contributed by atoms with Crippen molar-refractivity contribution in [2.45, 2.75) is 19.9 Å². The van der Waals surface area contributed by atoms with Crippen molar-refractivity contribution in [3.05, 3.63) is 29.8 Å². The van der Waals surface area contributed by atoms with E-state index in [9.17, 15) is 0 Å². The predicted octanol–water partition coefficient (Wildman–Crippen LogP) is 2.21. The van der Waals surface area contributed by atoms with Crippen LogP contribution in [0.3, 0.4) is 0 Å². The second kappa shape index (κ2) is 8.13. The van der Waals surface area contributed by atoms with E-state index in [1.165, 1.54) is 5.56 Å². The summed E-state index contributed by atoms with van der Waals surface area (Å²) in [6.07, 6.45) is 1.05. The third-order valence-electron chi connectivity index (χ3n) is 2.12. The molecule has 0 fully saturated rings. The van der Waals surface area contributed by atoms with Crippen molar-refractivity contribution in [1.29, 1.82) is 0 Å². The average Bonchev–Trinajstić information content (AvgIpc) is 2.30. The maximum Gasteiger partial charge on any atom is 0.119 e. The van der Waals surface area contributed by atoms with Gasteiger partial charge in [0.2, 0.25) is 0 Å². The van der Waals surface area contributed by atoms with Crippen molar-refractivity contribution in [3.63, 3.8) is 0 Å². The van der Waals surface area contributed by atoms with Crippen LogP contribution >= 0.6 is 0 Å². The summed E-state index contributed by atoms with van der Waals surface area (Å²) in [5, 5.41) is 3.11. The Balaban J connectivity index is 2.27. The highest BCUT2D eigenvalue weighted by Crippen LogP contribution is 2.12. The fraction of sp³-hybridized carbons (Fsp3) is 0.538. The summed E-state index contributed by atoms with van der Waals surface area (Å²) in [4.78, 5) is 0. The van der Waals surface area contributed by atoms with Crippen LogP contribution in [0.5, 0.6) is 5.75 Å². The largest absolute Gasteiger partial charge is 0.491 e. The third kappa shape index (κ3) is 5.14. The van der Waals surface area contributed by atoms with Gasteiger partial charge in [-0.3, -0.25) is 0 Å². The molecular formula is C13H21NO2. The Kier molecular flexibility index (Phi) is 6.61. The standard InChI is InChI=1S/C13H21NO2/c1-3-7-15-8-9-16-13-6-4-5-12(10-13)11-14-2/h4-6,10,14H,3,7-9,11H2,1-2H3. The van der Waals surface area contributed by atoms with E-state index in [2.05, 4.69) is 24.4 Å². The zero-order valence-electron chi connectivity index (χ0n) is 10.2. The minimum absolute atomic E-state index is 0.614. The molecule has 0 aliphatic heterocycles. The SMILES string of the molecule is CCCOCCOc1cccc(CNC)c1. The van der Waals surface area contributed by atoms with Crippen molar-refractivity contribution >= 4 is 0 Å². The van der Waals surface area contributed by atoms with Gasteiger partial charge in [-0.25, -0.2) is 0 Å². The fourth-order valence-corrected chi connectivity index (χ4v) is 1.41. The third-order valence-corrected chi connectivity index (χ3v) is 2.12. The van der Waals surface area contributed by atoms with Crippen LogP contribution in [-0.2, 0) is 11.3 Å². The molecule has 0 saturated heterocycles. The van der Waals surface area contributed by atoms with Gasteiger partial charge in [0.25, 0.3) is 0 Å². The predicted molar refractivity (Wildman–Crippen MR) is 65.8 cm³/mol. The Bertz CT molecular complexity index is 289. The smallest absolute Gasteiger partial charge is 0.119 e. The Labute approximate surface area is 97.8 Å². The van der Waals surface area contributed by atoms with Crippen molar-refractivity contribution in [2.75, 3.05) is 26.9 Å². The zero-order chi connectivity index (χ0) is 11.6. The Morgan fingerprint density at radius 1 is 1.19 bits per heavy atom. The first kappa shape index (κ1) is 13.0. The van der Waals surface area contributed by atoms with Crippen LogP contribution in [0.25, 0.3) is 0 Å². The molecule has 1 rings (SSSR count). The summed E-state index contributed by atoms with van der Waals surface area (Å²) in [7, 11) is 1.94. The molecule has 1 N–H and O–H groups in total. The second-order valence-electron chi connectivity index (χ2n) is 3.64. The maximum absolute atomic E-state index is 5.59. The highest BCUT2D eigenvalue weighted by Gasteiger charge is 1.96. The van der Waals surface area contributed by atoms with E-state index in [-0.39, 0.29) is 0 Å². The van der Waals surface area contributed by atoms with Crippen LogP contribution < -0.4 is 10.1 Å². The summed E-state index contributed by atoms with van der Waals surface area (Å²) in [5.74, 6) is 0.910. The molecule has 90 valence electrons. The highest BCUT2D eigenvalue weighted by atomic mass is 16.5. The molecule has 16 heavy (non-hydrogen) atoms. The van der Waals surface area contributed by atoms with Crippen LogP contribution in [0.2, 0.25) is 0 Å². The van der Waals surface area contributed by atoms with Gasteiger partial charge < -0.3 is 14.8 Å². The number of nitrogens with one attached hydrogen (secondary N) is 1. The van der Waals surface area contributed by atoms with Gasteiger partial charge in [0.1, 0.15) is 12.4 Å². The molecule has 1 aromatic carbocycles. The molecule has 0 amide bonds. The molecule has 0 heterocycles. The molecule has 3 nitrogen and oxygen atoms in total. The number of hydrogen-bond donors (Lipinski definition) is 1. The summed E-state index contributed by atoms with van der Waals surface area (Å²) in [6, 6.07) is 8.11. The van der Waals surface area contributed by atoms with Gasteiger partial charge in [0.05, 0.1) is 6.61 Å². The van der Waals surface area contributed by atoms with E-state index >= 15 is 0 Å². The normalized spacial score (nSPS) is 10.4. The van der Waals surface area contributed by atoms with Crippen LogP contribution in [0, 0.1) is 0 Å². The molecule has 1 aromatic rings. The van der Waals surface area contributed by atoms with Crippen molar-refractivity contribution < 1.29 is 9.47 Å². The number of benzene rings is 1. The van der Waals surface area contributed by atoms with Gasteiger partial charge in [-0.15, -0.1) is 0 Å². The summed E-state index contributed by atoms with van der Waals surface area (Å²) >= 11 is 0. The number of ether oxygens (including phenoxy) is 2. The minimum atomic E-state index is 0.614. The van der Waals surface area contributed by atoms with Gasteiger partial charge in [0, 0.05) is 13.2 Å². The monoisotopic (exact) mass is 223 g/mol. The lowest BCUT2D eigenvalue weighted by molar-refractivity contribution is 0.101. The average molecular weight is 223 g/mol. The molecule has 0 aliphatic carbocycles. The summed E-state index contributed by atoms with van der Waals surface area (Å²) < 4.78 is 10.9. The van der Waals surface area contributed by atoms with E-state index in [0.717, 1.165) is 25.3 Å². The van der Waals surface area contributed by atoms with Gasteiger partial charge in [0.15, 0.2) is 0 Å². The van der Waals surface area contributed by atoms with Crippen LogP contribution in [0.1, 0.15) is 18.9 Å². The van der Waals surface area contributed by atoms with E-state index in [0.29, 0.717) is 13.2 Å². The van der Waals surface area contributed by atoms with Gasteiger partial charge in [-0.2, -0.15) is 0 Å². The van der Waals surface area contributed by atoms with Crippen molar-refractivity contribution in [1.82, 2.24) is 5.32 Å². The number of hydrogen-bond acceptors (Lipinski definition) is 3. The van der Waals surface area contributed by atoms with E-state index in [4.69, 9.17) is 9.47 Å². The Morgan fingerprint density at radius 3 is 2.81 bits per heavy atom. The summed E-state index contributed by atoms with van der Waals surface area (Å²) in [5.41, 5.74) is 1.23. The Morgan fingerprint density at radius 2 is 2.06 bits per heavy atom. The van der Waals surface area contributed by atoms with Crippen molar-refractivity contribution in [2.24, 2.45) is 0 Å². The topological polar surface area (TPSA) is 30.5 Å². The lowest BCUT2D eigenvalue weighted by Gasteiger charge is -2.08. The van der Waals surface area contributed by atoms with Crippen LogP contribution in [0.15, 0.2) is 24.3 Å². The first-order chi connectivity index (χ1) is 7.86. The molecular weight excluding hydrogens is 202 g/mol. The first-order valence-electron chi connectivity index (χ1n) is 5.81. The van der Waals surface area contributed by atoms with Gasteiger partial charge >= 0.3 is 0 Å². The highest BCUT2D eigenvalue weighted by molar-refractivity contribution is 5.28. The first-order valence-corrected chi connectivity index (χ1v) is 5.81. The van der Waals surface area contributed by atoms with Crippen LogP contribution in [-0.4, -0.2) is 26.9 Å². The molecule has 0 bridgehead atoms. The van der Waals surface area contributed by atoms with E-state index < -0.39 is 0 Å². The molecule has 3 heteroatoms. The van der Waals surface area contributed by atoms with E-state index in [1.807, 2.05) is 19.2 Å². The minimum Gasteiger partial charge on any atom is -0.491 e. The second-order valence-corrected chi connectivity index (χ2v) is 3.64. The van der Waals surface area contributed by atoms with Gasteiger partial charge in [-0.05, 0) is 31.2 Å². The fourth-order valence-electron chi connectivity index (χ4n) is 1.41. The molecule has 0 atom stereocenters. The maximum atomic E-state index is 5.59. The quantitative estimate of drug-likeness (QED) is 0.685. The molecule has 0 unspecified atom stereocenters. The lowest BCUT2D eigenvalue weighted by atomic mass is 10.2. The van der Waals surface area contributed by atoms with Gasteiger partial charge in [-0.1, -0.05) is 19.1 Å². The lowest BCUT2D eigenvalue weighted by Crippen LogP contribution is -2.08. The zero-order valence-corrected chi connectivity index (χ0v) is 10.2. The number of rotatable bonds is 8. The molecule has 0 radical (unpaired) electrons. The molecule has 0 saturated carbocycles.